The minimum atomic E-state index is -0.534. The first kappa shape index (κ1) is 17.0. The number of nitrogens with zero attached hydrogens (tertiary/aromatic N) is 3. The van der Waals surface area contributed by atoms with Crippen molar-refractivity contribution < 1.29 is 14.3 Å². The number of nitrogens with one attached hydrogen (secondary N) is 1. The zero-order chi connectivity index (χ0) is 17.6. The number of para-hydroxylation sites is 2. The molecule has 0 aliphatic carbocycles. The number of ether oxygens (including phenoxy) is 1. The van der Waals surface area contributed by atoms with Crippen LogP contribution in [0.1, 0.15) is 19.8 Å². The van der Waals surface area contributed by atoms with E-state index < -0.39 is 6.10 Å². The van der Waals surface area contributed by atoms with Crippen molar-refractivity contribution in [3.8, 4) is 5.75 Å². The molecule has 2 aromatic rings. The summed E-state index contributed by atoms with van der Waals surface area (Å²) in [6.45, 7) is 3.48. The summed E-state index contributed by atoms with van der Waals surface area (Å²) in [5, 5.41) is 2.89. The Bertz CT molecular complexity index is 730. The first-order chi connectivity index (χ1) is 12.1. The maximum absolute atomic E-state index is 12.4. The second-order valence-electron chi connectivity index (χ2n) is 5.97. The first-order valence-electron chi connectivity index (χ1n) is 8.44. The molecule has 2 amide bonds. The highest BCUT2D eigenvalue weighted by Gasteiger charge is 2.31. The summed E-state index contributed by atoms with van der Waals surface area (Å²) in [6, 6.07) is 7.39. The lowest BCUT2D eigenvalue weighted by atomic mass is 10.1. The van der Waals surface area contributed by atoms with Crippen LogP contribution in [0.4, 0.5) is 5.69 Å². The minimum absolute atomic E-state index is 0.0601. The number of fused-ring (bicyclic) bond motifs is 1. The molecule has 3 rings (SSSR count). The Morgan fingerprint density at radius 2 is 2.16 bits per heavy atom. The highest BCUT2D eigenvalue weighted by Crippen LogP contribution is 2.33. The summed E-state index contributed by atoms with van der Waals surface area (Å²) in [5.74, 6) is 0.497. The molecule has 1 N–H and O–H groups in total. The van der Waals surface area contributed by atoms with Gasteiger partial charge in [-0.25, -0.2) is 4.98 Å². The van der Waals surface area contributed by atoms with Crippen LogP contribution in [0.3, 0.4) is 0 Å². The molecule has 25 heavy (non-hydrogen) atoms. The number of imidazole rings is 1. The molecule has 0 bridgehead atoms. The first-order valence-corrected chi connectivity index (χ1v) is 8.44. The largest absolute Gasteiger partial charge is 0.479 e. The van der Waals surface area contributed by atoms with E-state index in [9.17, 15) is 9.59 Å². The summed E-state index contributed by atoms with van der Waals surface area (Å²) in [5.41, 5.74) is 0.721. The monoisotopic (exact) mass is 342 g/mol. The van der Waals surface area contributed by atoms with Gasteiger partial charge in [0.1, 0.15) is 5.75 Å². The molecule has 2 heterocycles. The Kier molecular flexibility index (Phi) is 5.33. The fraction of sp³-hybridized carbons (Fsp3) is 0.389. The van der Waals surface area contributed by atoms with E-state index in [1.54, 1.807) is 24.3 Å². The van der Waals surface area contributed by atoms with E-state index >= 15 is 0 Å². The van der Waals surface area contributed by atoms with E-state index in [0.717, 1.165) is 18.7 Å². The van der Waals surface area contributed by atoms with E-state index in [2.05, 4.69) is 10.3 Å². The van der Waals surface area contributed by atoms with Crippen molar-refractivity contribution in [2.24, 2.45) is 0 Å². The molecule has 0 saturated carbocycles. The van der Waals surface area contributed by atoms with Crippen molar-refractivity contribution in [1.82, 2.24) is 14.9 Å². The third-order valence-corrected chi connectivity index (χ3v) is 4.11. The number of anilines is 1. The van der Waals surface area contributed by atoms with Gasteiger partial charge in [0.2, 0.25) is 5.91 Å². The zero-order valence-corrected chi connectivity index (χ0v) is 14.2. The second-order valence-corrected chi connectivity index (χ2v) is 5.97. The van der Waals surface area contributed by atoms with Crippen molar-refractivity contribution >= 4 is 17.5 Å². The van der Waals surface area contributed by atoms with E-state index in [4.69, 9.17) is 4.74 Å². The van der Waals surface area contributed by atoms with Crippen LogP contribution in [-0.2, 0) is 16.1 Å². The highest BCUT2D eigenvalue weighted by atomic mass is 16.5. The zero-order valence-electron chi connectivity index (χ0n) is 14.2. The van der Waals surface area contributed by atoms with Crippen LogP contribution in [0.15, 0.2) is 43.0 Å². The van der Waals surface area contributed by atoms with Gasteiger partial charge in [0.15, 0.2) is 6.10 Å². The fourth-order valence-electron chi connectivity index (χ4n) is 2.80. The van der Waals surface area contributed by atoms with Gasteiger partial charge in [-0.1, -0.05) is 12.1 Å². The normalized spacial score (nSPS) is 16.3. The molecule has 0 spiro atoms. The Hall–Kier alpha value is -2.83. The van der Waals surface area contributed by atoms with Gasteiger partial charge in [-0.15, -0.1) is 0 Å². The lowest BCUT2D eigenvalue weighted by molar-refractivity contribution is -0.125. The van der Waals surface area contributed by atoms with Crippen molar-refractivity contribution in [2.75, 3.05) is 18.0 Å². The SMILES string of the molecule is CC1Oc2ccccc2N(CCC(=O)NCCCn2ccnc2)C1=O. The summed E-state index contributed by atoms with van der Waals surface area (Å²) in [7, 11) is 0. The number of hydrogen-bond donors (Lipinski definition) is 1. The van der Waals surface area contributed by atoms with Gasteiger partial charge in [0.25, 0.3) is 5.91 Å². The van der Waals surface area contributed by atoms with E-state index in [1.165, 1.54) is 0 Å². The van der Waals surface area contributed by atoms with Gasteiger partial charge in [-0.3, -0.25) is 9.59 Å². The molecule has 1 aliphatic heterocycles. The average molecular weight is 342 g/mol. The Morgan fingerprint density at radius 3 is 2.96 bits per heavy atom. The van der Waals surface area contributed by atoms with Gasteiger partial charge >= 0.3 is 0 Å². The molecule has 0 radical (unpaired) electrons. The molecule has 1 atom stereocenters. The van der Waals surface area contributed by atoms with E-state index in [1.807, 2.05) is 35.0 Å². The van der Waals surface area contributed by atoms with Crippen molar-refractivity contribution in [3.05, 3.63) is 43.0 Å². The number of benzene rings is 1. The number of hydrogen-bond acceptors (Lipinski definition) is 4. The van der Waals surface area contributed by atoms with Crippen LogP contribution in [0, 0.1) is 0 Å². The number of carbonyl (C=O) groups is 2. The summed E-state index contributed by atoms with van der Waals surface area (Å²) in [6.07, 6.45) is 5.94. The van der Waals surface area contributed by atoms with Crippen molar-refractivity contribution in [1.29, 1.82) is 0 Å². The molecule has 0 saturated heterocycles. The summed E-state index contributed by atoms with van der Waals surface area (Å²) in [4.78, 5) is 30.0. The molecule has 132 valence electrons. The molecule has 1 aromatic carbocycles. The molecule has 1 unspecified atom stereocenters. The highest BCUT2D eigenvalue weighted by molar-refractivity contribution is 6.00. The van der Waals surface area contributed by atoms with Crippen LogP contribution in [0.2, 0.25) is 0 Å². The van der Waals surface area contributed by atoms with Crippen molar-refractivity contribution in [2.45, 2.75) is 32.4 Å². The predicted molar refractivity (Wildman–Crippen MR) is 93.4 cm³/mol. The topological polar surface area (TPSA) is 76.5 Å². The molecule has 1 aromatic heterocycles. The molecular weight excluding hydrogens is 320 g/mol. The van der Waals surface area contributed by atoms with E-state index in [-0.39, 0.29) is 18.2 Å². The molecule has 7 heteroatoms. The third-order valence-electron chi connectivity index (χ3n) is 4.11. The lowest BCUT2D eigenvalue weighted by Crippen LogP contribution is -2.45. The van der Waals surface area contributed by atoms with Gasteiger partial charge in [0, 0.05) is 38.4 Å². The van der Waals surface area contributed by atoms with Crippen LogP contribution < -0.4 is 15.0 Å². The smallest absolute Gasteiger partial charge is 0.267 e. The summed E-state index contributed by atoms with van der Waals surface area (Å²) >= 11 is 0. The quantitative estimate of drug-likeness (QED) is 0.776. The van der Waals surface area contributed by atoms with Crippen molar-refractivity contribution in [3.63, 3.8) is 0 Å². The molecule has 7 nitrogen and oxygen atoms in total. The Labute approximate surface area is 146 Å². The number of rotatable bonds is 7. The molecule has 1 aliphatic rings. The maximum atomic E-state index is 12.4. The maximum Gasteiger partial charge on any atom is 0.267 e. The summed E-state index contributed by atoms with van der Waals surface area (Å²) < 4.78 is 7.57. The van der Waals surface area contributed by atoms with Gasteiger partial charge in [0.05, 0.1) is 12.0 Å². The van der Waals surface area contributed by atoms with Crippen LogP contribution in [0.25, 0.3) is 0 Å². The number of carbonyl (C=O) groups excluding carboxylic acids is 2. The number of aryl methyl sites for hydroxylation is 1. The third kappa shape index (κ3) is 4.17. The standard InChI is InChI=1S/C18H22N4O3/c1-14-18(24)22(15-5-2-3-6-16(15)25-14)11-7-17(23)20-8-4-10-21-12-9-19-13-21/h2-3,5-6,9,12-14H,4,7-8,10-11H2,1H3,(H,20,23). The Morgan fingerprint density at radius 1 is 1.32 bits per heavy atom. The fourth-order valence-corrected chi connectivity index (χ4v) is 2.80. The van der Waals surface area contributed by atoms with Gasteiger partial charge < -0.3 is 19.5 Å². The van der Waals surface area contributed by atoms with Gasteiger partial charge in [-0.2, -0.15) is 0 Å². The molecule has 0 fully saturated rings. The number of amides is 2. The lowest BCUT2D eigenvalue weighted by Gasteiger charge is -2.32. The van der Waals surface area contributed by atoms with Crippen LogP contribution in [0.5, 0.6) is 5.75 Å². The minimum Gasteiger partial charge on any atom is -0.479 e. The molecular formula is C18H22N4O3. The average Bonchev–Trinajstić information content (AvgIpc) is 3.12. The number of aromatic nitrogens is 2. The van der Waals surface area contributed by atoms with Crippen LogP contribution in [-0.4, -0.2) is 40.6 Å². The van der Waals surface area contributed by atoms with E-state index in [0.29, 0.717) is 18.8 Å². The van der Waals surface area contributed by atoms with Crippen LogP contribution >= 0.6 is 0 Å². The second kappa shape index (κ2) is 7.83. The van der Waals surface area contributed by atoms with Gasteiger partial charge in [-0.05, 0) is 25.5 Å². The Balaban J connectivity index is 1.47. The predicted octanol–water partition coefficient (Wildman–Crippen LogP) is 1.59.